The van der Waals surface area contributed by atoms with Gasteiger partial charge in [-0.1, -0.05) is 25.5 Å². The van der Waals surface area contributed by atoms with Crippen LogP contribution < -0.4 is 0 Å². The standard InChI is InChI=1S/C10H10F3/c1-2-4-8-5-3-6-9(7-8)10(11,12)13/h3,5-6H,2,4H2,1H3. The summed E-state index contributed by atoms with van der Waals surface area (Å²) >= 11 is 0. The number of aryl methyl sites for hydroxylation is 1. The Morgan fingerprint density at radius 1 is 1.31 bits per heavy atom. The van der Waals surface area contributed by atoms with Crippen LogP contribution >= 0.6 is 0 Å². The van der Waals surface area contributed by atoms with Gasteiger partial charge in [0.05, 0.1) is 5.56 Å². The van der Waals surface area contributed by atoms with Gasteiger partial charge in [0.25, 0.3) is 0 Å². The van der Waals surface area contributed by atoms with Gasteiger partial charge in [0.15, 0.2) is 0 Å². The quantitative estimate of drug-likeness (QED) is 0.665. The summed E-state index contributed by atoms with van der Waals surface area (Å²) in [5, 5.41) is 0. The number of halogens is 3. The minimum absolute atomic E-state index is 0.623. The van der Waals surface area contributed by atoms with Crippen molar-refractivity contribution >= 4 is 0 Å². The number of hydrogen-bond acceptors (Lipinski definition) is 0. The third-order valence-corrected chi connectivity index (χ3v) is 1.68. The molecule has 0 aromatic heterocycles. The van der Waals surface area contributed by atoms with Crippen molar-refractivity contribution in [2.75, 3.05) is 0 Å². The molecule has 1 radical (unpaired) electrons. The Labute approximate surface area is 75.4 Å². The van der Waals surface area contributed by atoms with Crippen LogP contribution in [0.25, 0.3) is 0 Å². The molecule has 0 atom stereocenters. The smallest absolute Gasteiger partial charge is 0.166 e. The molecule has 0 amide bonds. The molecule has 0 spiro atoms. The number of alkyl halides is 3. The normalized spacial score (nSPS) is 11.7. The minimum Gasteiger partial charge on any atom is -0.166 e. The Kier molecular flexibility index (Phi) is 2.96. The maximum atomic E-state index is 12.2. The molecule has 13 heavy (non-hydrogen) atoms. The first kappa shape index (κ1) is 10.1. The predicted molar refractivity (Wildman–Crippen MR) is 44.3 cm³/mol. The summed E-state index contributed by atoms with van der Waals surface area (Å²) in [7, 11) is 0. The van der Waals surface area contributed by atoms with Gasteiger partial charge in [0, 0.05) is 0 Å². The second kappa shape index (κ2) is 3.81. The first-order valence-electron chi connectivity index (χ1n) is 4.12. The molecule has 1 aromatic carbocycles. The molecule has 0 aliphatic heterocycles. The first-order chi connectivity index (χ1) is 6.04. The second-order valence-electron chi connectivity index (χ2n) is 2.84. The zero-order chi connectivity index (χ0) is 9.90. The van der Waals surface area contributed by atoms with Gasteiger partial charge in [-0.25, -0.2) is 0 Å². The molecule has 0 N–H and O–H groups in total. The molecule has 1 aromatic rings. The third-order valence-electron chi connectivity index (χ3n) is 1.68. The summed E-state index contributed by atoms with van der Waals surface area (Å²) in [6.45, 7) is 1.92. The summed E-state index contributed by atoms with van der Waals surface area (Å²) in [6, 6.07) is 6.49. The van der Waals surface area contributed by atoms with Crippen LogP contribution in [0, 0.1) is 6.07 Å². The lowest BCUT2D eigenvalue weighted by molar-refractivity contribution is -0.137. The molecule has 0 fully saturated rings. The maximum Gasteiger partial charge on any atom is 0.417 e. The fourth-order valence-corrected chi connectivity index (χ4v) is 1.10. The Morgan fingerprint density at radius 3 is 2.54 bits per heavy atom. The number of benzene rings is 1. The van der Waals surface area contributed by atoms with Crippen molar-refractivity contribution < 1.29 is 13.2 Å². The Balaban J connectivity index is 2.92. The molecule has 0 saturated heterocycles. The first-order valence-corrected chi connectivity index (χ1v) is 4.12. The number of hydrogen-bond donors (Lipinski definition) is 0. The van der Waals surface area contributed by atoms with Crippen LogP contribution in [0.3, 0.4) is 0 Å². The van der Waals surface area contributed by atoms with E-state index in [-0.39, 0.29) is 0 Å². The van der Waals surface area contributed by atoms with E-state index in [0.29, 0.717) is 12.0 Å². The SMILES string of the molecule is CCCc1[c]c(C(F)(F)F)ccc1. The van der Waals surface area contributed by atoms with Gasteiger partial charge in [-0.2, -0.15) is 13.2 Å². The summed E-state index contributed by atoms with van der Waals surface area (Å²) in [5.41, 5.74) is -0.0595. The molecular weight excluding hydrogens is 177 g/mol. The monoisotopic (exact) mass is 187 g/mol. The van der Waals surface area contributed by atoms with Gasteiger partial charge < -0.3 is 0 Å². The average molecular weight is 187 g/mol. The summed E-state index contributed by atoms with van der Waals surface area (Å²) in [5.74, 6) is 0. The Hall–Kier alpha value is -0.990. The van der Waals surface area contributed by atoms with Crippen LogP contribution in [-0.4, -0.2) is 0 Å². The van der Waals surface area contributed by atoms with E-state index in [0.717, 1.165) is 12.5 Å². The zero-order valence-corrected chi connectivity index (χ0v) is 7.28. The van der Waals surface area contributed by atoms with Gasteiger partial charge in [0.1, 0.15) is 0 Å². The molecule has 0 unspecified atom stereocenters. The van der Waals surface area contributed by atoms with Crippen LogP contribution in [0.15, 0.2) is 18.2 Å². The fourth-order valence-electron chi connectivity index (χ4n) is 1.10. The molecule has 0 aliphatic carbocycles. The van der Waals surface area contributed by atoms with E-state index in [2.05, 4.69) is 6.07 Å². The Bertz CT molecular complexity index is 276. The third kappa shape index (κ3) is 2.76. The van der Waals surface area contributed by atoms with Crippen molar-refractivity contribution in [3.8, 4) is 0 Å². The van der Waals surface area contributed by atoms with Gasteiger partial charge in [-0.15, -0.1) is 0 Å². The largest absolute Gasteiger partial charge is 0.417 e. The molecule has 0 saturated carbocycles. The molecule has 3 heteroatoms. The Morgan fingerprint density at radius 2 is 2.00 bits per heavy atom. The highest BCUT2D eigenvalue weighted by molar-refractivity contribution is 5.23. The lowest BCUT2D eigenvalue weighted by Crippen LogP contribution is -2.05. The van der Waals surface area contributed by atoms with Crippen molar-refractivity contribution in [1.82, 2.24) is 0 Å². The van der Waals surface area contributed by atoms with E-state index >= 15 is 0 Å². The lowest BCUT2D eigenvalue weighted by Gasteiger charge is -2.07. The van der Waals surface area contributed by atoms with E-state index in [1.54, 1.807) is 6.07 Å². The van der Waals surface area contributed by atoms with E-state index in [1.165, 1.54) is 6.07 Å². The molecule has 0 heterocycles. The molecule has 71 valence electrons. The van der Waals surface area contributed by atoms with Crippen molar-refractivity contribution in [2.24, 2.45) is 0 Å². The van der Waals surface area contributed by atoms with Gasteiger partial charge >= 0.3 is 6.18 Å². The summed E-state index contributed by atoms with van der Waals surface area (Å²) in [6.07, 6.45) is -2.80. The van der Waals surface area contributed by atoms with Crippen molar-refractivity contribution in [3.63, 3.8) is 0 Å². The summed E-state index contributed by atoms with van der Waals surface area (Å²) in [4.78, 5) is 0. The molecule has 0 bridgehead atoms. The minimum atomic E-state index is -4.27. The highest BCUT2D eigenvalue weighted by Gasteiger charge is 2.30. The van der Waals surface area contributed by atoms with Gasteiger partial charge in [-0.05, 0) is 24.1 Å². The number of rotatable bonds is 2. The van der Waals surface area contributed by atoms with Gasteiger partial charge in [0.2, 0.25) is 0 Å². The molecule has 0 nitrogen and oxygen atoms in total. The van der Waals surface area contributed by atoms with Crippen LogP contribution in [0.5, 0.6) is 0 Å². The van der Waals surface area contributed by atoms with Crippen molar-refractivity contribution in [2.45, 2.75) is 25.9 Å². The van der Waals surface area contributed by atoms with Gasteiger partial charge in [-0.3, -0.25) is 0 Å². The second-order valence-corrected chi connectivity index (χ2v) is 2.84. The lowest BCUT2D eigenvalue weighted by atomic mass is 10.1. The van der Waals surface area contributed by atoms with E-state index in [1.807, 2.05) is 6.92 Å². The predicted octanol–water partition coefficient (Wildman–Crippen LogP) is 3.46. The average Bonchev–Trinajstić information content (AvgIpc) is 2.04. The fraction of sp³-hybridized carbons (Fsp3) is 0.400. The van der Waals surface area contributed by atoms with E-state index < -0.39 is 11.7 Å². The van der Waals surface area contributed by atoms with E-state index in [9.17, 15) is 13.2 Å². The van der Waals surface area contributed by atoms with Crippen LogP contribution in [0.4, 0.5) is 13.2 Å². The maximum absolute atomic E-state index is 12.2. The topological polar surface area (TPSA) is 0 Å². The van der Waals surface area contributed by atoms with Crippen LogP contribution in [0.1, 0.15) is 24.5 Å². The molecule has 0 aliphatic rings. The summed E-state index contributed by atoms with van der Waals surface area (Å²) < 4.78 is 36.5. The highest BCUT2D eigenvalue weighted by atomic mass is 19.4. The molecule has 1 rings (SSSR count). The van der Waals surface area contributed by atoms with Crippen molar-refractivity contribution in [3.05, 3.63) is 35.4 Å². The van der Waals surface area contributed by atoms with Crippen LogP contribution in [-0.2, 0) is 12.6 Å². The highest BCUT2D eigenvalue weighted by Crippen LogP contribution is 2.29. The zero-order valence-electron chi connectivity index (χ0n) is 7.28. The van der Waals surface area contributed by atoms with Crippen LogP contribution in [0.2, 0.25) is 0 Å². The van der Waals surface area contributed by atoms with E-state index in [4.69, 9.17) is 0 Å². The van der Waals surface area contributed by atoms with Crippen molar-refractivity contribution in [1.29, 1.82) is 0 Å². The molecular formula is C10H10F3.